The fourth-order valence-electron chi connectivity index (χ4n) is 4.25. The van der Waals surface area contributed by atoms with Gasteiger partial charge in [-0.05, 0) is 43.7 Å². The molecule has 0 spiro atoms. The Balaban J connectivity index is 1.35. The Morgan fingerprint density at radius 1 is 1.03 bits per heavy atom. The van der Waals surface area contributed by atoms with Crippen LogP contribution in [-0.2, 0) is 11.3 Å². The number of ether oxygens (including phenoxy) is 2. The predicted octanol–water partition coefficient (Wildman–Crippen LogP) is 3.10. The van der Waals surface area contributed by atoms with E-state index in [1.807, 2.05) is 31.0 Å². The molecule has 3 aromatic rings. The molecule has 1 saturated heterocycles. The van der Waals surface area contributed by atoms with Crippen molar-refractivity contribution >= 4 is 22.7 Å². The summed E-state index contributed by atoms with van der Waals surface area (Å²) in [6.45, 7) is 7.34. The number of pyridine rings is 1. The fraction of sp³-hybridized carbons (Fsp3) is 0.370. The van der Waals surface area contributed by atoms with Crippen LogP contribution in [0.4, 0.5) is 0 Å². The number of nitrogens with one attached hydrogen (secondary N) is 1. The van der Waals surface area contributed by atoms with Gasteiger partial charge in [-0.1, -0.05) is 24.3 Å². The van der Waals surface area contributed by atoms with Crippen molar-refractivity contribution in [3.63, 3.8) is 0 Å². The highest BCUT2D eigenvalue weighted by molar-refractivity contribution is 5.95. The lowest BCUT2D eigenvalue weighted by Crippen LogP contribution is -2.48. The van der Waals surface area contributed by atoms with Gasteiger partial charge < -0.3 is 19.7 Å². The number of hydrogen-bond donors (Lipinski definition) is 1. The van der Waals surface area contributed by atoms with Crippen LogP contribution in [-0.4, -0.2) is 72.5 Å². The van der Waals surface area contributed by atoms with E-state index in [9.17, 15) is 9.59 Å². The summed E-state index contributed by atoms with van der Waals surface area (Å²) in [6.07, 6.45) is 1.83. The van der Waals surface area contributed by atoms with Gasteiger partial charge in [-0.3, -0.25) is 19.5 Å². The molecule has 1 aliphatic rings. The van der Waals surface area contributed by atoms with Crippen molar-refractivity contribution in [3.8, 4) is 11.5 Å². The third-order valence-electron chi connectivity index (χ3n) is 5.99. The van der Waals surface area contributed by atoms with Crippen LogP contribution in [0.3, 0.4) is 0 Å². The monoisotopic (exact) mass is 476 g/mol. The number of benzene rings is 2. The predicted molar refractivity (Wildman–Crippen MR) is 135 cm³/mol. The largest absolute Gasteiger partial charge is 0.493 e. The van der Waals surface area contributed by atoms with Crippen molar-refractivity contribution in [2.45, 2.75) is 26.4 Å². The van der Waals surface area contributed by atoms with Gasteiger partial charge in [0.1, 0.15) is 0 Å². The number of nitrogens with zero attached hydrogens (tertiary/aromatic N) is 3. The molecule has 0 saturated carbocycles. The summed E-state index contributed by atoms with van der Waals surface area (Å²) in [5.74, 6) is 0.602. The minimum atomic E-state index is -0.209. The first-order valence-corrected chi connectivity index (χ1v) is 11.9. The standard InChI is InChI=1S/C27H32N4O4/c1-19(2)29-25(32)18-35-23-10-9-21(16-24(23)34-3)27(33)31-14-12-30(13-15-31)17-22-7-4-6-20-8-5-11-28-26(20)22/h4-11,16,19H,12-15,17-18H2,1-3H3,(H,29,32). The number of methoxy groups -OCH3 is 1. The summed E-state index contributed by atoms with van der Waals surface area (Å²) < 4.78 is 11.0. The van der Waals surface area contributed by atoms with E-state index in [4.69, 9.17) is 9.47 Å². The third-order valence-corrected chi connectivity index (χ3v) is 5.99. The third kappa shape index (κ3) is 6.08. The molecule has 1 aliphatic heterocycles. The number of fused-ring (bicyclic) bond motifs is 1. The van der Waals surface area contributed by atoms with Gasteiger partial charge in [-0.15, -0.1) is 0 Å². The number of carbonyl (C=O) groups excluding carboxylic acids is 2. The number of piperazine rings is 1. The SMILES string of the molecule is COc1cc(C(=O)N2CCN(Cc3cccc4cccnc34)CC2)ccc1OCC(=O)NC(C)C. The molecule has 2 heterocycles. The normalized spacial score (nSPS) is 14.2. The number of para-hydroxylation sites is 1. The molecular formula is C27H32N4O4. The van der Waals surface area contributed by atoms with E-state index in [1.165, 1.54) is 12.7 Å². The van der Waals surface area contributed by atoms with Crippen molar-refractivity contribution in [1.29, 1.82) is 0 Å². The lowest BCUT2D eigenvalue weighted by molar-refractivity contribution is -0.123. The zero-order valence-electron chi connectivity index (χ0n) is 20.5. The van der Waals surface area contributed by atoms with Gasteiger partial charge in [0.05, 0.1) is 12.6 Å². The average molecular weight is 477 g/mol. The maximum absolute atomic E-state index is 13.1. The van der Waals surface area contributed by atoms with Crippen LogP contribution in [0, 0.1) is 0 Å². The van der Waals surface area contributed by atoms with E-state index in [0.717, 1.165) is 30.5 Å². The summed E-state index contributed by atoms with van der Waals surface area (Å²) in [7, 11) is 1.52. The summed E-state index contributed by atoms with van der Waals surface area (Å²) >= 11 is 0. The molecule has 4 rings (SSSR count). The van der Waals surface area contributed by atoms with Crippen LogP contribution in [0.1, 0.15) is 29.8 Å². The number of amides is 2. The van der Waals surface area contributed by atoms with E-state index in [-0.39, 0.29) is 24.5 Å². The molecule has 8 nitrogen and oxygen atoms in total. The molecule has 0 aliphatic carbocycles. The second-order valence-electron chi connectivity index (χ2n) is 8.94. The highest BCUT2D eigenvalue weighted by atomic mass is 16.5. The molecule has 2 amide bonds. The number of rotatable bonds is 8. The number of aromatic nitrogens is 1. The molecule has 0 atom stereocenters. The van der Waals surface area contributed by atoms with E-state index in [2.05, 4.69) is 39.5 Å². The fourth-order valence-corrected chi connectivity index (χ4v) is 4.25. The number of hydrogen-bond acceptors (Lipinski definition) is 6. The van der Waals surface area contributed by atoms with Crippen molar-refractivity contribution in [3.05, 3.63) is 65.9 Å². The Hall–Kier alpha value is -3.65. The van der Waals surface area contributed by atoms with E-state index < -0.39 is 0 Å². The molecule has 8 heteroatoms. The Morgan fingerprint density at radius 3 is 2.54 bits per heavy atom. The van der Waals surface area contributed by atoms with Crippen LogP contribution in [0.15, 0.2) is 54.7 Å². The highest BCUT2D eigenvalue weighted by Crippen LogP contribution is 2.29. The van der Waals surface area contributed by atoms with Crippen LogP contribution < -0.4 is 14.8 Å². The summed E-state index contributed by atoms with van der Waals surface area (Å²) in [6, 6.07) is 15.4. The van der Waals surface area contributed by atoms with Crippen LogP contribution in [0.2, 0.25) is 0 Å². The quantitative estimate of drug-likeness (QED) is 0.538. The van der Waals surface area contributed by atoms with Gasteiger partial charge in [0.25, 0.3) is 11.8 Å². The Kier molecular flexibility index (Phi) is 7.82. The zero-order chi connectivity index (χ0) is 24.8. The van der Waals surface area contributed by atoms with E-state index >= 15 is 0 Å². The molecule has 0 unspecified atom stereocenters. The van der Waals surface area contributed by atoms with Gasteiger partial charge in [-0.25, -0.2) is 0 Å². The maximum atomic E-state index is 13.1. The van der Waals surface area contributed by atoms with Crippen molar-refractivity contribution in [1.82, 2.24) is 20.1 Å². The Bertz CT molecular complexity index is 1180. The lowest BCUT2D eigenvalue weighted by atomic mass is 10.1. The Morgan fingerprint density at radius 2 is 1.80 bits per heavy atom. The minimum Gasteiger partial charge on any atom is -0.493 e. The summed E-state index contributed by atoms with van der Waals surface area (Å²) in [5.41, 5.74) is 2.77. The first-order chi connectivity index (χ1) is 16.9. The van der Waals surface area contributed by atoms with Crippen molar-refractivity contribution in [2.24, 2.45) is 0 Å². The molecular weight excluding hydrogens is 444 g/mol. The average Bonchev–Trinajstić information content (AvgIpc) is 2.87. The van der Waals surface area contributed by atoms with E-state index in [0.29, 0.717) is 30.2 Å². The topological polar surface area (TPSA) is 84.0 Å². The zero-order valence-corrected chi connectivity index (χ0v) is 20.5. The first-order valence-electron chi connectivity index (χ1n) is 11.9. The van der Waals surface area contributed by atoms with Crippen molar-refractivity contribution in [2.75, 3.05) is 39.9 Å². The molecule has 0 bridgehead atoms. The molecule has 0 radical (unpaired) electrons. The molecule has 1 N–H and O–H groups in total. The van der Waals surface area contributed by atoms with E-state index in [1.54, 1.807) is 18.2 Å². The second-order valence-corrected chi connectivity index (χ2v) is 8.94. The van der Waals surface area contributed by atoms with Gasteiger partial charge >= 0.3 is 0 Å². The Labute approximate surface area is 205 Å². The number of carbonyl (C=O) groups is 2. The van der Waals surface area contributed by atoms with Gasteiger partial charge in [0.2, 0.25) is 0 Å². The summed E-state index contributed by atoms with van der Waals surface area (Å²) in [5, 5.41) is 3.92. The van der Waals surface area contributed by atoms with Gasteiger partial charge in [0.15, 0.2) is 18.1 Å². The van der Waals surface area contributed by atoms with Crippen LogP contribution in [0.25, 0.3) is 10.9 Å². The molecule has 2 aromatic carbocycles. The van der Waals surface area contributed by atoms with Crippen LogP contribution in [0.5, 0.6) is 11.5 Å². The first kappa shape index (κ1) is 24.5. The molecule has 1 fully saturated rings. The lowest BCUT2D eigenvalue weighted by Gasteiger charge is -2.35. The highest BCUT2D eigenvalue weighted by Gasteiger charge is 2.23. The van der Waals surface area contributed by atoms with Gasteiger partial charge in [-0.2, -0.15) is 0 Å². The molecule has 1 aromatic heterocycles. The smallest absolute Gasteiger partial charge is 0.258 e. The molecule has 184 valence electrons. The summed E-state index contributed by atoms with van der Waals surface area (Å²) in [4.78, 5) is 33.8. The van der Waals surface area contributed by atoms with Gasteiger partial charge in [0, 0.05) is 55.9 Å². The minimum absolute atomic E-state index is 0.0390. The van der Waals surface area contributed by atoms with Crippen LogP contribution >= 0.6 is 0 Å². The molecule has 35 heavy (non-hydrogen) atoms. The second kappa shape index (κ2) is 11.2. The van der Waals surface area contributed by atoms with Crippen molar-refractivity contribution < 1.29 is 19.1 Å². The maximum Gasteiger partial charge on any atom is 0.258 e.